The number of fused-ring (bicyclic) bond motifs is 1. The molecule has 32 heavy (non-hydrogen) atoms. The number of hydrogen-bond acceptors (Lipinski definition) is 5. The third-order valence-electron chi connectivity index (χ3n) is 6.80. The number of carbonyl (C=O) groups is 1. The van der Waals surface area contributed by atoms with Crippen molar-refractivity contribution >= 4 is 28.9 Å². The zero-order valence-electron chi connectivity index (χ0n) is 18.7. The molecule has 1 saturated heterocycles. The minimum Gasteiger partial charge on any atom is -0.397 e. The van der Waals surface area contributed by atoms with E-state index < -0.39 is 0 Å². The Morgan fingerprint density at radius 1 is 1.03 bits per heavy atom. The van der Waals surface area contributed by atoms with E-state index in [0.717, 1.165) is 48.2 Å². The molecule has 7 heteroatoms. The molecule has 2 amide bonds. The summed E-state index contributed by atoms with van der Waals surface area (Å²) < 4.78 is 5.58. The molecular weight excluding hydrogens is 402 g/mol. The van der Waals surface area contributed by atoms with Crippen LogP contribution in [0.25, 0.3) is 0 Å². The fraction of sp³-hybridized carbons (Fsp3) is 0.480. The number of amides is 2. The second kappa shape index (κ2) is 8.90. The Morgan fingerprint density at radius 2 is 1.81 bits per heavy atom. The second-order valence-electron chi connectivity index (χ2n) is 9.10. The molecule has 0 bridgehead atoms. The van der Waals surface area contributed by atoms with Gasteiger partial charge < -0.3 is 10.5 Å². The fourth-order valence-electron chi connectivity index (χ4n) is 5.06. The Hall–Kier alpha value is -2.93. The van der Waals surface area contributed by atoms with Gasteiger partial charge >= 0.3 is 6.03 Å². The van der Waals surface area contributed by atoms with E-state index in [0.29, 0.717) is 30.6 Å². The summed E-state index contributed by atoms with van der Waals surface area (Å²) in [6, 6.07) is 9.78. The van der Waals surface area contributed by atoms with Crippen LogP contribution in [0.2, 0.25) is 0 Å². The molecule has 2 aliphatic heterocycles. The van der Waals surface area contributed by atoms with Gasteiger partial charge in [0.05, 0.1) is 29.3 Å². The summed E-state index contributed by atoms with van der Waals surface area (Å²) >= 11 is 0. The molecule has 0 radical (unpaired) electrons. The first-order chi connectivity index (χ1) is 15.6. The van der Waals surface area contributed by atoms with Gasteiger partial charge in [0, 0.05) is 24.7 Å². The SMILES string of the molecule is Cc1ccc2c(c1)N(c1ccc(N)cn1)C(=O)N(C1CCOCC1)N=C2C1CCCCC1. The summed E-state index contributed by atoms with van der Waals surface area (Å²) in [5.41, 5.74) is 10.5. The molecule has 1 saturated carbocycles. The van der Waals surface area contributed by atoms with Crippen molar-refractivity contribution in [2.24, 2.45) is 11.0 Å². The molecule has 0 spiro atoms. The summed E-state index contributed by atoms with van der Waals surface area (Å²) in [7, 11) is 0. The highest BCUT2D eigenvalue weighted by molar-refractivity contribution is 6.13. The number of urea groups is 1. The maximum Gasteiger partial charge on any atom is 0.351 e. The molecule has 0 atom stereocenters. The first-order valence-corrected chi connectivity index (χ1v) is 11.7. The number of ether oxygens (including phenoxy) is 1. The molecule has 2 fully saturated rings. The van der Waals surface area contributed by atoms with E-state index in [9.17, 15) is 4.79 Å². The van der Waals surface area contributed by atoms with Crippen molar-refractivity contribution < 1.29 is 9.53 Å². The van der Waals surface area contributed by atoms with Gasteiger partial charge in [-0.2, -0.15) is 5.10 Å². The number of carbonyl (C=O) groups excluding carboxylic acids is 1. The predicted molar refractivity (Wildman–Crippen MR) is 126 cm³/mol. The van der Waals surface area contributed by atoms with E-state index in [2.05, 4.69) is 30.1 Å². The molecule has 5 rings (SSSR count). The third kappa shape index (κ3) is 3.97. The van der Waals surface area contributed by atoms with E-state index in [1.165, 1.54) is 19.3 Å². The molecule has 7 nitrogen and oxygen atoms in total. The van der Waals surface area contributed by atoms with Crippen LogP contribution in [-0.2, 0) is 4.74 Å². The smallest absolute Gasteiger partial charge is 0.351 e. The Labute approximate surface area is 189 Å². The van der Waals surface area contributed by atoms with Gasteiger partial charge in [0.2, 0.25) is 0 Å². The number of aryl methyl sites for hydroxylation is 1. The highest BCUT2D eigenvalue weighted by Gasteiger charge is 2.38. The summed E-state index contributed by atoms with van der Waals surface area (Å²) in [5, 5.41) is 6.84. The van der Waals surface area contributed by atoms with Crippen molar-refractivity contribution in [2.45, 2.75) is 57.9 Å². The van der Waals surface area contributed by atoms with E-state index in [-0.39, 0.29) is 12.1 Å². The van der Waals surface area contributed by atoms with Crippen LogP contribution in [0.5, 0.6) is 0 Å². The van der Waals surface area contributed by atoms with Crippen molar-refractivity contribution in [3.05, 3.63) is 47.7 Å². The molecule has 3 heterocycles. The zero-order chi connectivity index (χ0) is 22.1. The van der Waals surface area contributed by atoms with Gasteiger partial charge in [-0.05, 0) is 56.4 Å². The molecule has 2 N–H and O–H groups in total. The van der Waals surface area contributed by atoms with Gasteiger partial charge in [-0.1, -0.05) is 31.4 Å². The highest BCUT2D eigenvalue weighted by atomic mass is 16.5. The first kappa shape index (κ1) is 20.9. The first-order valence-electron chi connectivity index (χ1n) is 11.7. The van der Waals surface area contributed by atoms with Crippen molar-refractivity contribution in [2.75, 3.05) is 23.8 Å². The lowest BCUT2D eigenvalue weighted by Gasteiger charge is -2.33. The number of rotatable bonds is 3. The number of aromatic nitrogens is 1. The molecule has 1 aliphatic carbocycles. The van der Waals surface area contributed by atoms with Crippen LogP contribution >= 0.6 is 0 Å². The van der Waals surface area contributed by atoms with Crippen molar-refractivity contribution in [3.63, 3.8) is 0 Å². The number of nitrogens with two attached hydrogens (primary N) is 1. The molecule has 2 aromatic rings. The second-order valence-corrected chi connectivity index (χ2v) is 9.10. The Kier molecular flexibility index (Phi) is 5.83. The van der Waals surface area contributed by atoms with Crippen molar-refractivity contribution in [3.8, 4) is 0 Å². The van der Waals surface area contributed by atoms with Crippen LogP contribution in [0.3, 0.4) is 0 Å². The van der Waals surface area contributed by atoms with Crippen LogP contribution in [0.4, 0.5) is 22.0 Å². The van der Waals surface area contributed by atoms with Crippen LogP contribution in [0.15, 0.2) is 41.6 Å². The number of nitrogen functional groups attached to an aromatic ring is 1. The average molecular weight is 434 g/mol. The lowest BCUT2D eigenvalue weighted by atomic mass is 9.82. The lowest BCUT2D eigenvalue weighted by molar-refractivity contribution is 0.0480. The molecule has 1 aromatic heterocycles. The largest absolute Gasteiger partial charge is 0.397 e. The molecule has 1 aromatic carbocycles. The van der Waals surface area contributed by atoms with Crippen LogP contribution in [0.1, 0.15) is 56.1 Å². The molecule has 3 aliphatic rings. The van der Waals surface area contributed by atoms with Crippen LogP contribution < -0.4 is 10.6 Å². The summed E-state index contributed by atoms with van der Waals surface area (Å²) in [5.74, 6) is 0.924. The number of hydrazone groups is 1. The summed E-state index contributed by atoms with van der Waals surface area (Å²) in [6.45, 7) is 3.35. The molecular formula is C25H31N5O2. The van der Waals surface area contributed by atoms with Gasteiger partial charge in [0.1, 0.15) is 5.82 Å². The maximum atomic E-state index is 14.1. The highest BCUT2D eigenvalue weighted by Crippen LogP contribution is 2.38. The van der Waals surface area contributed by atoms with Gasteiger partial charge in [-0.3, -0.25) is 0 Å². The van der Waals surface area contributed by atoms with Crippen LogP contribution in [-0.4, -0.2) is 41.0 Å². The monoisotopic (exact) mass is 433 g/mol. The molecule has 168 valence electrons. The van der Waals surface area contributed by atoms with Crippen LogP contribution in [0, 0.1) is 12.8 Å². The Bertz CT molecular complexity index is 1010. The van der Waals surface area contributed by atoms with Gasteiger partial charge in [-0.25, -0.2) is 19.7 Å². The fourth-order valence-corrected chi connectivity index (χ4v) is 5.06. The van der Waals surface area contributed by atoms with E-state index >= 15 is 0 Å². The Balaban J connectivity index is 1.68. The topological polar surface area (TPSA) is 84.0 Å². The predicted octanol–water partition coefficient (Wildman–Crippen LogP) is 5.01. The molecule has 0 unspecified atom stereocenters. The minimum absolute atomic E-state index is 0.0153. The minimum atomic E-state index is -0.160. The normalized spacial score (nSPS) is 20.7. The standard InChI is InChI=1S/C25H31N5O2/c1-17-7-9-21-22(15-17)29(23-10-8-19(26)16-27-23)25(31)30(20-11-13-32-14-12-20)28-24(21)18-5-3-2-4-6-18/h7-10,15-16,18,20H,2-6,11-14,26H2,1H3. The number of nitrogens with zero attached hydrogens (tertiary/aromatic N) is 4. The van der Waals surface area contributed by atoms with Gasteiger partial charge in [0.15, 0.2) is 0 Å². The lowest BCUT2D eigenvalue weighted by Crippen LogP contribution is -2.45. The quantitative estimate of drug-likeness (QED) is 0.737. The van der Waals surface area contributed by atoms with E-state index in [1.807, 2.05) is 6.07 Å². The summed E-state index contributed by atoms with van der Waals surface area (Å²) in [4.78, 5) is 20.3. The number of benzene rings is 1. The maximum absolute atomic E-state index is 14.1. The van der Waals surface area contributed by atoms with Gasteiger partial charge in [0.25, 0.3) is 0 Å². The van der Waals surface area contributed by atoms with E-state index in [4.69, 9.17) is 15.6 Å². The van der Waals surface area contributed by atoms with Crippen molar-refractivity contribution in [1.29, 1.82) is 0 Å². The van der Waals surface area contributed by atoms with Gasteiger partial charge in [-0.15, -0.1) is 0 Å². The van der Waals surface area contributed by atoms with E-state index in [1.54, 1.807) is 22.2 Å². The number of anilines is 3. The Morgan fingerprint density at radius 3 is 2.53 bits per heavy atom. The number of pyridine rings is 1. The summed E-state index contributed by atoms with van der Waals surface area (Å²) in [6.07, 6.45) is 9.08. The third-order valence-corrected chi connectivity index (χ3v) is 6.80. The van der Waals surface area contributed by atoms with Crippen molar-refractivity contribution in [1.82, 2.24) is 9.99 Å². The zero-order valence-corrected chi connectivity index (χ0v) is 18.7. The number of hydrogen-bond donors (Lipinski definition) is 1. The average Bonchev–Trinajstić information content (AvgIpc) is 2.95.